The van der Waals surface area contributed by atoms with Crippen LogP contribution in [-0.4, -0.2) is 4.98 Å². The van der Waals surface area contributed by atoms with Crippen LogP contribution in [0, 0.1) is 5.82 Å². The molecular formula is C12H9Cl2FN2. The Labute approximate surface area is 108 Å². The highest BCUT2D eigenvalue weighted by Crippen LogP contribution is 2.26. The Hall–Kier alpha value is -1.16. The number of rotatable bonds is 2. The normalized spacial score (nSPS) is 12.5. The van der Waals surface area contributed by atoms with Gasteiger partial charge in [-0.3, -0.25) is 4.98 Å². The Morgan fingerprint density at radius 2 is 2.00 bits per heavy atom. The molecule has 0 saturated heterocycles. The van der Waals surface area contributed by atoms with E-state index in [9.17, 15) is 4.39 Å². The van der Waals surface area contributed by atoms with Crippen LogP contribution in [0.4, 0.5) is 4.39 Å². The molecule has 2 nitrogen and oxygen atoms in total. The Kier molecular flexibility index (Phi) is 3.62. The van der Waals surface area contributed by atoms with Gasteiger partial charge >= 0.3 is 0 Å². The van der Waals surface area contributed by atoms with E-state index in [4.69, 9.17) is 28.9 Å². The average molecular weight is 271 g/mol. The summed E-state index contributed by atoms with van der Waals surface area (Å²) in [5, 5.41) is 0.805. The smallest absolute Gasteiger partial charge is 0.123 e. The summed E-state index contributed by atoms with van der Waals surface area (Å²) in [5.41, 5.74) is 7.07. The van der Waals surface area contributed by atoms with Crippen LogP contribution in [-0.2, 0) is 0 Å². The lowest BCUT2D eigenvalue weighted by Crippen LogP contribution is -2.14. The Balaban J connectivity index is 2.40. The molecule has 0 bridgehead atoms. The second kappa shape index (κ2) is 5.00. The standard InChI is InChI=1S/C12H9Cl2FN2/c13-8-5-10(14)12(17-6-8)11(16)7-2-1-3-9(15)4-7/h1-6,11H,16H2. The predicted octanol–water partition coefficient (Wildman–Crippen LogP) is 3.58. The molecule has 0 fully saturated rings. The summed E-state index contributed by atoms with van der Waals surface area (Å²) in [6.07, 6.45) is 1.46. The average Bonchev–Trinajstić information content (AvgIpc) is 2.28. The summed E-state index contributed by atoms with van der Waals surface area (Å²) < 4.78 is 13.1. The van der Waals surface area contributed by atoms with Gasteiger partial charge in [0.15, 0.2) is 0 Å². The number of nitrogens with zero attached hydrogens (tertiary/aromatic N) is 1. The van der Waals surface area contributed by atoms with Gasteiger partial charge < -0.3 is 5.73 Å². The molecule has 1 unspecified atom stereocenters. The third-order valence-corrected chi connectivity index (χ3v) is 2.85. The first-order valence-corrected chi connectivity index (χ1v) is 5.65. The first-order valence-electron chi connectivity index (χ1n) is 4.90. The summed E-state index contributed by atoms with van der Waals surface area (Å²) in [5.74, 6) is -0.344. The molecule has 2 N–H and O–H groups in total. The summed E-state index contributed by atoms with van der Waals surface area (Å²) in [6.45, 7) is 0. The van der Waals surface area contributed by atoms with Crippen molar-refractivity contribution < 1.29 is 4.39 Å². The van der Waals surface area contributed by atoms with Gasteiger partial charge in [-0.25, -0.2) is 4.39 Å². The SMILES string of the molecule is NC(c1cccc(F)c1)c1ncc(Cl)cc1Cl. The van der Waals surface area contributed by atoms with E-state index in [2.05, 4.69) is 4.98 Å². The number of hydrogen-bond donors (Lipinski definition) is 1. The molecule has 2 aromatic rings. The topological polar surface area (TPSA) is 38.9 Å². The van der Waals surface area contributed by atoms with Crippen molar-refractivity contribution in [2.45, 2.75) is 6.04 Å². The van der Waals surface area contributed by atoms with Crippen LogP contribution in [0.5, 0.6) is 0 Å². The molecule has 5 heteroatoms. The zero-order chi connectivity index (χ0) is 12.4. The quantitative estimate of drug-likeness (QED) is 0.906. The van der Waals surface area contributed by atoms with Crippen LogP contribution >= 0.6 is 23.2 Å². The minimum Gasteiger partial charge on any atom is -0.319 e. The van der Waals surface area contributed by atoms with Crippen LogP contribution in [0.15, 0.2) is 36.5 Å². The van der Waals surface area contributed by atoms with Crippen LogP contribution in [0.1, 0.15) is 17.3 Å². The number of benzene rings is 1. The molecule has 1 atom stereocenters. The van der Waals surface area contributed by atoms with Crippen molar-refractivity contribution in [2.75, 3.05) is 0 Å². The van der Waals surface area contributed by atoms with E-state index in [0.717, 1.165) is 0 Å². The van der Waals surface area contributed by atoms with Gasteiger partial charge in [-0.1, -0.05) is 35.3 Å². The van der Waals surface area contributed by atoms with Crippen LogP contribution < -0.4 is 5.73 Å². The van der Waals surface area contributed by atoms with Crippen molar-refractivity contribution in [3.63, 3.8) is 0 Å². The molecule has 0 aliphatic heterocycles. The van der Waals surface area contributed by atoms with E-state index < -0.39 is 6.04 Å². The number of hydrogen-bond acceptors (Lipinski definition) is 2. The highest BCUT2D eigenvalue weighted by Gasteiger charge is 2.14. The van der Waals surface area contributed by atoms with Gasteiger partial charge in [0.05, 0.1) is 21.8 Å². The molecule has 0 aliphatic carbocycles. The van der Waals surface area contributed by atoms with Gasteiger partial charge in [0.25, 0.3) is 0 Å². The van der Waals surface area contributed by atoms with Crippen molar-refractivity contribution in [1.82, 2.24) is 4.98 Å². The number of aromatic nitrogens is 1. The van der Waals surface area contributed by atoms with Crippen molar-refractivity contribution in [3.05, 3.63) is 63.6 Å². The highest BCUT2D eigenvalue weighted by atomic mass is 35.5. The van der Waals surface area contributed by atoms with E-state index in [1.165, 1.54) is 18.3 Å². The van der Waals surface area contributed by atoms with E-state index in [1.54, 1.807) is 18.2 Å². The third-order valence-electron chi connectivity index (χ3n) is 2.34. The lowest BCUT2D eigenvalue weighted by Gasteiger charge is -2.13. The Morgan fingerprint density at radius 3 is 2.65 bits per heavy atom. The molecule has 1 aromatic heterocycles. The maximum atomic E-state index is 13.1. The summed E-state index contributed by atoms with van der Waals surface area (Å²) in [6, 6.07) is 7.01. The van der Waals surface area contributed by atoms with E-state index in [-0.39, 0.29) is 5.82 Å². The van der Waals surface area contributed by atoms with E-state index >= 15 is 0 Å². The molecule has 0 saturated carbocycles. The largest absolute Gasteiger partial charge is 0.319 e. The monoisotopic (exact) mass is 270 g/mol. The van der Waals surface area contributed by atoms with Gasteiger partial charge in [0.1, 0.15) is 5.82 Å². The van der Waals surface area contributed by atoms with Gasteiger partial charge in [-0.2, -0.15) is 0 Å². The van der Waals surface area contributed by atoms with E-state index in [1.807, 2.05) is 0 Å². The molecule has 17 heavy (non-hydrogen) atoms. The molecule has 0 aliphatic rings. The molecule has 2 rings (SSSR count). The number of nitrogens with two attached hydrogens (primary N) is 1. The molecule has 88 valence electrons. The van der Waals surface area contributed by atoms with E-state index in [0.29, 0.717) is 21.3 Å². The zero-order valence-electron chi connectivity index (χ0n) is 8.70. The third kappa shape index (κ3) is 2.75. The molecular weight excluding hydrogens is 262 g/mol. The van der Waals surface area contributed by atoms with Gasteiger partial charge in [0.2, 0.25) is 0 Å². The minimum absolute atomic E-state index is 0.344. The van der Waals surface area contributed by atoms with Gasteiger partial charge in [-0.05, 0) is 23.8 Å². The molecule has 1 aromatic carbocycles. The molecule has 0 radical (unpaired) electrons. The fourth-order valence-corrected chi connectivity index (χ4v) is 2.01. The summed E-state index contributed by atoms with van der Waals surface area (Å²) in [4.78, 5) is 4.07. The van der Waals surface area contributed by atoms with Crippen molar-refractivity contribution in [3.8, 4) is 0 Å². The number of halogens is 3. The maximum Gasteiger partial charge on any atom is 0.123 e. The zero-order valence-corrected chi connectivity index (χ0v) is 10.2. The van der Waals surface area contributed by atoms with Gasteiger partial charge in [0, 0.05) is 6.20 Å². The lowest BCUT2D eigenvalue weighted by atomic mass is 10.0. The first kappa shape index (κ1) is 12.3. The second-order valence-electron chi connectivity index (χ2n) is 3.55. The molecule has 1 heterocycles. The minimum atomic E-state index is -0.574. The summed E-state index contributed by atoms with van der Waals surface area (Å²) in [7, 11) is 0. The van der Waals surface area contributed by atoms with Crippen molar-refractivity contribution in [2.24, 2.45) is 5.73 Å². The molecule has 0 spiro atoms. The van der Waals surface area contributed by atoms with Crippen LogP contribution in [0.25, 0.3) is 0 Å². The Morgan fingerprint density at radius 1 is 1.24 bits per heavy atom. The van der Waals surface area contributed by atoms with Gasteiger partial charge in [-0.15, -0.1) is 0 Å². The van der Waals surface area contributed by atoms with Crippen LogP contribution in [0.3, 0.4) is 0 Å². The fraction of sp³-hybridized carbons (Fsp3) is 0.0833. The highest BCUT2D eigenvalue weighted by molar-refractivity contribution is 6.34. The molecule has 0 amide bonds. The van der Waals surface area contributed by atoms with Crippen LogP contribution in [0.2, 0.25) is 10.0 Å². The Bertz CT molecular complexity index is 546. The first-order chi connectivity index (χ1) is 8.08. The predicted molar refractivity (Wildman–Crippen MR) is 66.7 cm³/mol. The maximum absolute atomic E-state index is 13.1. The second-order valence-corrected chi connectivity index (χ2v) is 4.40. The number of pyridine rings is 1. The van der Waals surface area contributed by atoms with Crippen molar-refractivity contribution in [1.29, 1.82) is 0 Å². The lowest BCUT2D eigenvalue weighted by molar-refractivity contribution is 0.623. The fourth-order valence-electron chi connectivity index (χ4n) is 1.51. The summed E-state index contributed by atoms with van der Waals surface area (Å²) >= 11 is 11.7. The van der Waals surface area contributed by atoms with Crippen molar-refractivity contribution >= 4 is 23.2 Å².